The maximum Gasteiger partial charge on any atom is 0.225 e. The summed E-state index contributed by atoms with van der Waals surface area (Å²) in [6.45, 7) is 12.0. The van der Waals surface area contributed by atoms with Gasteiger partial charge in [0.05, 0.1) is 6.10 Å². The van der Waals surface area contributed by atoms with Crippen LogP contribution in [0.15, 0.2) is 24.3 Å². The zero-order valence-corrected chi connectivity index (χ0v) is 17.3. The first-order chi connectivity index (χ1) is 13.0. The second-order valence-corrected chi connectivity index (χ2v) is 8.68. The van der Waals surface area contributed by atoms with Gasteiger partial charge in [0, 0.05) is 32.2 Å². The molecule has 0 aliphatic carbocycles. The molecule has 2 heterocycles. The molecule has 0 saturated carbocycles. The number of likely N-dealkylation sites (tertiary alicyclic amines) is 1. The summed E-state index contributed by atoms with van der Waals surface area (Å²) in [6, 6.07) is 8.68. The molecule has 150 valence electrons. The van der Waals surface area contributed by atoms with Crippen LogP contribution in [0.1, 0.15) is 50.7 Å². The molecule has 1 unspecified atom stereocenters. The number of ether oxygens (including phenoxy) is 1. The fraction of sp³-hybridized carbons (Fsp3) is 0.696. The Bertz CT molecular complexity index is 602. The van der Waals surface area contributed by atoms with E-state index in [1.165, 1.54) is 24.0 Å². The first-order valence-electron chi connectivity index (χ1n) is 10.7. The lowest BCUT2D eigenvalue weighted by Gasteiger charge is -2.36. The van der Waals surface area contributed by atoms with Crippen LogP contribution in [0.2, 0.25) is 0 Å². The van der Waals surface area contributed by atoms with Gasteiger partial charge in [0.25, 0.3) is 0 Å². The molecule has 2 saturated heterocycles. The quantitative estimate of drug-likeness (QED) is 0.728. The zero-order valence-electron chi connectivity index (χ0n) is 17.3. The number of hydrogen-bond donors (Lipinski definition) is 0. The molecule has 0 bridgehead atoms. The van der Waals surface area contributed by atoms with E-state index in [0.29, 0.717) is 5.92 Å². The molecule has 1 atom stereocenters. The summed E-state index contributed by atoms with van der Waals surface area (Å²) in [5, 5.41) is 0. The molecule has 0 radical (unpaired) electrons. The van der Waals surface area contributed by atoms with Gasteiger partial charge in [-0.05, 0) is 62.7 Å². The van der Waals surface area contributed by atoms with E-state index in [-0.39, 0.29) is 17.9 Å². The summed E-state index contributed by atoms with van der Waals surface area (Å²) in [7, 11) is 0. The van der Waals surface area contributed by atoms with Crippen LogP contribution in [0.25, 0.3) is 0 Å². The van der Waals surface area contributed by atoms with Crippen molar-refractivity contribution in [3.63, 3.8) is 0 Å². The van der Waals surface area contributed by atoms with Crippen LogP contribution in [0.5, 0.6) is 0 Å². The second kappa shape index (κ2) is 9.70. The lowest BCUT2D eigenvalue weighted by Crippen LogP contribution is -2.45. The smallest absolute Gasteiger partial charge is 0.225 e. The van der Waals surface area contributed by atoms with Crippen LogP contribution in [-0.4, -0.2) is 54.6 Å². The highest BCUT2D eigenvalue weighted by Crippen LogP contribution is 2.23. The van der Waals surface area contributed by atoms with Crippen molar-refractivity contribution in [3.8, 4) is 0 Å². The molecule has 3 rings (SSSR count). The predicted molar refractivity (Wildman–Crippen MR) is 110 cm³/mol. The average Bonchev–Trinajstić information content (AvgIpc) is 3.17. The monoisotopic (exact) mass is 372 g/mol. The van der Waals surface area contributed by atoms with E-state index < -0.39 is 0 Å². The summed E-state index contributed by atoms with van der Waals surface area (Å²) in [5.41, 5.74) is 2.82. The summed E-state index contributed by atoms with van der Waals surface area (Å²) < 4.78 is 5.80. The molecular formula is C23H36N2O2. The number of hydrogen-bond acceptors (Lipinski definition) is 3. The number of benzene rings is 1. The molecule has 27 heavy (non-hydrogen) atoms. The topological polar surface area (TPSA) is 32.8 Å². The number of carbonyl (C=O) groups excluding carboxylic acids is 1. The van der Waals surface area contributed by atoms with Gasteiger partial charge in [0.2, 0.25) is 5.91 Å². The number of rotatable bonds is 7. The summed E-state index contributed by atoms with van der Waals surface area (Å²) in [6.07, 6.45) is 4.83. The van der Waals surface area contributed by atoms with E-state index in [1.54, 1.807) is 0 Å². The van der Waals surface area contributed by atoms with Crippen molar-refractivity contribution < 1.29 is 9.53 Å². The predicted octanol–water partition coefficient (Wildman–Crippen LogP) is 3.87. The van der Waals surface area contributed by atoms with Gasteiger partial charge in [0.1, 0.15) is 0 Å². The maximum absolute atomic E-state index is 12.7. The Morgan fingerprint density at radius 1 is 1.19 bits per heavy atom. The Hall–Kier alpha value is -1.39. The third-order valence-electron chi connectivity index (χ3n) is 6.09. The van der Waals surface area contributed by atoms with Gasteiger partial charge in [-0.2, -0.15) is 0 Å². The van der Waals surface area contributed by atoms with Crippen molar-refractivity contribution >= 4 is 5.91 Å². The van der Waals surface area contributed by atoms with Gasteiger partial charge >= 0.3 is 0 Å². The van der Waals surface area contributed by atoms with Crippen LogP contribution >= 0.6 is 0 Å². The molecule has 1 aromatic rings. The Labute approximate surface area is 164 Å². The van der Waals surface area contributed by atoms with E-state index in [0.717, 1.165) is 52.2 Å². The van der Waals surface area contributed by atoms with Gasteiger partial charge in [-0.3, -0.25) is 9.69 Å². The molecular weight excluding hydrogens is 336 g/mol. The van der Waals surface area contributed by atoms with Crippen molar-refractivity contribution in [2.75, 3.05) is 32.8 Å². The van der Waals surface area contributed by atoms with Gasteiger partial charge in [-0.1, -0.05) is 38.1 Å². The molecule has 0 N–H and O–H groups in total. The fourth-order valence-electron chi connectivity index (χ4n) is 4.32. The van der Waals surface area contributed by atoms with Crippen LogP contribution in [0, 0.1) is 18.8 Å². The standard InChI is InChI=1S/C23H36N2O2/c1-18(2)23(26)25(17-22-9-6-14-27-22)15-20-10-12-24(13-11-20)16-21-8-5-4-7-19(21)3/h4-5,7-8,18,20,22H,6,9-17H2,1-3H3. The Kier molecular flexibility index (Phi) is 7.31. The van der Waals surface area contributed by atoms with Crippen molar-refractivity contribution in [3.05, 3.63) is 35.4 Å². The van der Waals surface area contributed by atoms with Crippen LogP contribution in [0.3, 0.4) is 0 Å². The lowest BCUT2D eigenvalue weighted by atomic mass is 9.94. The van der Waals surface area contributed by atoms with Crippen molar-refractivity contribution in [1.29, 1.82) is 0 Å². The van der Waals surface area contributed by atoms with Gasteiger partial charge in [0.15, 0.2) is 0 Å². The average molecular weight is 373 g/mol. The van der Waals surface area contributed by atoms with Crippen molar-refractivity contribution in [1.82, 2.24) is 9.80 Å². The highest BCUT2D eigenvalue weighted by molar-refractivity contribution is 5.78. The Morgan fingerprint density at radius 2 is 1.93 bits per heavy atom. The molecule has 2 aliphatic rings. The third kappa shape index (κ3) is 5.79. The molecule has 2 fully saturated rings. The minimum atomic E-state index is 0.0625. The van der Waals surface area contributed by atoms with Crippen molar-refractivity contribution in [2.45, 2.75) is 59.1 Å². The van der Waals surface area contributed by atoms with Crippen LogP contribution < -0.4 is 0 Å². The van der Waals surface area contributed by atoms with Gasteiger partial charge in [-0.25, -0.2) is 0 Å². The summed E-state index contributed by atoms with van der Waals surface area (Å²) in [4.78, 5) is 17.4. The maximum atomic E-state index is 12.7. The lowest BCUT2D eigenvalue weighted by molar-refractivity contribution is -0.137. The van der Waals surface area contributed by atoms with Gasteiger partial charge < -0.3 is 9.64 Å². The normalized spacial score (nSPS) is 21.7. The molecule has 4 heteroatoms. The highest BCUT2D eigenvalue weighted by Gasteiger charge is 2.28. The van der Waals surface area contributed by atoms with Gasteiger partial charge in [-0.15, -0.1) is 0 Å². The molecule has 0 spiro atoms. The first kappa shape index (κ1) is 20.3. The number of carbonyl (C=O) groups is 1. The number of piperidine rings is 1. The minimum absolute atomic E-state index is 0.0625. The van der Waals surface area contributed by atoms with Crippen LogP contribution in [-0.2, 0) is 16.1 Å². The first-order valence-corrected chi connectivity index (χ1v) is 10.7. The highest BCUT2D eigenvalue weighted by atomic mass is 16.5. The van der Waals surface area contributed by atoms with E-state index in [1.807, 2.05) is 13.8 Å². The van der Waals surface area contributed by atoms with E-state index >= 15 is 0 Å². The van der Waals surface area contributed by atoms with Crippen molar-refractivity contribution in [2.24, 2.45) is 11.8 Å². The second-order valence-electron chi connectivity index (χ2n) is 8.68. The largest absolute Gasteiger partial charge is 0.376 e. The molecule has 2 aliphatic heterocycles. The van der Waals surface area contributed by atoms with E-state index in [9.17, 15) is 4.79 Å². The Morgan fingerprint density at radius 3 is 2.56 bits per heavy atom. The molecule has 1 aromatic carbocycles. The van der Waals surface area contributed by atoms with Crippen LogP contribution in [0.4, 0.5) is 0 Å². The Balaban J connectivity index is 1.50. The molecule has 0 aromatic heterocycles. The fourth-order valence-corrected chi connectivity index (χ4v) is 4.32. The molecule has 4 nitrogen and oxygen atoms in total. The zero-order chi connectivity index (χ0) is 19.2. The number of nitrogens with zero attached hydrogens (tertiary/aromatic N) is 2. The minimum Gasteiger partial charge on any atom is -0.376 e. The van der Waals surface area contributed by atoms with E-state index in [2.05, 4.69) is 41.0 Å². The SMILES string of the molecule is Cc1ccccc1CN1CCC(CN(CC2CCCO2)C(=O)C(C)C)CC1. The summed E-state index contributed by atoms with van der Waals surface area (Å²) >= 11 is 0. The number of amides is 1. The third-order valence-corrected chi connectivity index (χ3v) is 6.09. The molecule has 1 amide bonds. The summed E-state index contributed by atoms with van der Waals surface area (Å²) in [5.74, 6) is 0.961. The number of aryl methyl sites for hydroxylation is 1. The van der Waals surface area contributed by atoms with E-state index in [4.69, 9.17) is 4.74 Å².